The van der Waals surface area contributed by atoms with Crippen molar-refractivity contribution in [3.63, 3.8) is 0 Å². The van der Waals surface area contributed by atoms with E-state index >= 15 is 0 Å². The standard InChI is InChI=1S/C21H19N3O3/c1-11-4-9-15(12(2)10-11)18-16(13-5-7-14(27-3)8-6-13)17-19(22-18)23-21(26)24-20(17)25/h4-10H,1-3H3,(H3,22,23,24,25,26). The summed E-state index contributed by atoms with van der Waals surface area (Å²) in [5, 5.41) is 0.426. The number of hydrogen-bond acceptors (Lipinski definition) is 3. The Balaban J connectivity index is 2.10. The van der Waals surface area contributed by atoms with Crippen LogP contribution in [0.1, 0.15) is 11.1 Å². The van der Waals surface area contributed by atoms with Crippen LogP contribution in [0.5, 0.6) is 5.75 Å². The van der Waals surface area contributed by atoms with Crippen LogP contribution in [0.3, 0.4) is 0 Å². The highest BCUT2D eigenvalue weighted by Crippen LogP contribution is 2.38. The van der Waals surface area contributed by atoms with E-state index in [9.17, 15) is 9.59 Å². The Kier molecular flexibility index (Phi) is 3.96. The minimum atomic E-state index is -0.540. The van der Waals surface area contributed by atoms with Crippen molar-refractivity contribution in [2.75, 3.05) is 7.11 Å². The largest absolute Gasteiger partial charge is 0.497 e. The highest BCUT2D eigenvalue weighted by molar-refractivity contribution is 6.02. The summed E-state index contributed by atoms with van der Waals surface area (Å²) in [7, 11) is 1.61. The molecule has 6 heteroatoms. The van der Waals surface area contributed by atoms with Crippen molar-refractivity contribution in [3.8, 4) is 28.1 Å². The number of nitrogens with one attached hydrogen (secondary N) is 3. The topological polar surface area (TPSA) is 90.7 Å². The summed E-state index contributed by atoms with van der Waals surface area (Å²) in [4.78, 5) is 32.6. The second-order valence-corrected chi connectivity index (χ2v) is 6.58. The summed E-state index contributed by atoms with van der Waals surface area (Å²) in [6, 6.07) is 13.6. The molecule has 0 aliphatic carbocycles. The van der Waals surface area contributed by atoms with Gasteiger partial charge in [0.2, 0.25) is 0 Å². The summed E-state index contributed by atoms with van der Waals surface area (Å²) in [6.07, 6.45) is 0. The number of aromatic amines is 3. The molecule has 2 aromatic heterocycles. The Labute approximate surface area is 154 Å². The third kappa shape index (κ3) is 2.85. The second-order valence-electron chi connectivity index (χ2n) is 6.58. The molecule has 0 saturated heterocycles. The monoisotopic (exact) mass is 361 g/mol. The van der Waals surface area contributed by atoms with Crippen molar-refractivity contribution in [2.24, 2.45) is 0 Å². The first-order valence-corrected chi connectivity index (χ1v) is 8.58. The molecule has 3 N–H and O–H groups in total. The van der Waals surface area contributed by atoms with Crippen LogP contribution >= 0.6 is 0 Å². The molecule has 6 nitrogen and oxygen atoms in total. The molecule has 4 rings (SSSR count). The van der Waals surface area contributed by atoms with E-state index in [-0.39, 0.29) is 0 Å². The minimum Gasteiger partial charge on any atom is -0.497 e. The van der Waals surface area contributed by atoms with Crippen molar-refractivity contribution in [1.82, 2.24) is 15.0 Å². The van der Waals surface area contributed by atoms with E-state index in [2.05, 4.69) is 21.0 Å². The normalized spacial score (nSPS) is 11.1. The molecule has 2 heterocycles. The van der Waals surface area contributed by atoms with Gasteiger partial charge in [0.25, 0.3) is 5.56 Å². The first kappa shape index (κ1) is 16.9. The quantitative estimate of drug-likeness (QED) is 0.521. The summed E-state index contributed by atoms with van der Waals surface area (Å²) < 4.78 is 5.24. The Bertz CT molecular complexity index is 1260. The lowest BCUT2D eigenvalue weighted by atomic mass is 9.96. The molecule has 0 saturated carbocycles. The van der Waals surface area contributed by atoms with Crippen molar-refractivity contribution < 1.29 is 4.74 Å². The molecule has 0 aliphatic heterocycles. The molecule has 0 spiro atoms. The number of methoxy groups -OCH3 is 1. The fraction of sp³-hybridized carbons (Fsp3) is 0.143. The van der Waals surface area contributed by atoms with Gasteiger partial charge in [0.05, 0.1) is 18.2 Å². The van der Waals surface area contributed by atoms with E-state index in [0.29, 0.717) is 11.0 Å². The molecule has 0 aliphatic rings. The summed E-state index contributed by atoms with van der Waals surface area (Å²) in [5.74, 6) is 0.731. The molecule has 0 unspecified atom stereocenters. The number of fused-ring (bicyclic) bond motifs is 1. The van der Waals surface area contributed by atoms with Crippen LogP contribution in [0, 0.1) is 13.8 Å². The first-order valence-electron chi connectivity index (χ1n) is 8.58. The highest BCUT2D eigenvalue weighted by Gasteiger charge is 2.19. The lowest BCUT2D eigenvalue weighted by molar-refractivity contribution is 0.415. The van der Waals surface area contributed by atoms with E-state index in [1.54, 1.807) is 7.11 Å². The van der Waals surface area contributed by atoms with Gasteiger partial charge in [0.1, 0.15) is 11.4 Å². The van der Waals surface area contributed by atoms with Gasteiger partial charge in [-0.05, 0) is 37.1 Å². The third-order valence-corrected chi connectivity index (χ3v) is 4.72. The van der Waals surface area contributed by atoms with Gasteiger partial charge in [0, 0.05) is 11.1 Å². The fourth-order valence-corrected chi connectivity index (χ4v) is 3.47. The summed E-state index contributed by atoms with van der Waals surface area (Å²) >= 11 is 0. The zero-order valence-corrected chi connectivity index (χ0v) is 15.3. The van der Waals surface area contributed by atoms with Crippen molar-refractivity contribution in [3.05, 3.63) is 74.4 Å². The van der Waals surface area contributed by atoms with Crippen LogP contribution in [0.2, 0.25) is 0 Å². The molecule has 0 atom stereocenters. The number of ether oxygens (including phenoxy) is 1. The SMILES string of the molecule is COc1ccc(-c2c(-c3ccc(C)cc3C)[nH]c3[nH]c(=O)[nH]c(=O)c23)cc1. The Morgan fingerprint density at radius 2 is 1.63 bits per heavy atom. The molecule has 0 amide bonds. The maximum Gasteiger partial charge on any atom is 0.327 e. The molecule has 0 radical (unpaired) electrons. The lowest BCUT2D eigenvalue weighted by Crippen LogP contribution is -2.21. The Hall–Kier alpha value is -3.54. The smallest absolute Gasteiger partial charge is 0.327 e. The highest BCUT2D eigenvalue weighted by atomic mass is 16.5. The molecule has 136 valence electrons. The minimum absolute atomic E-state index is 0.407. The van der Waals surface area contributed by atoms with Crippen LogP contribution in [-0.2, 0) is 0 Å². The average Bonchev–Trinajstić information content (AvgIpc) is 3.01. The molecule has 4 aromatic rings. The molecule has 2 aromatic carbocycles. The molecule has 0 bridgehead atoms. The summed E-state index contributed by atoms with van der Waals surface area (Å²) in [5.41, 5.74) is 5.05. The predicted molar refractivity (Wildman–Crippen MR) is 106 cm³/mol. The van der Waals surface area contributed by atoms with Gasteiger partial charge < -0.3 is 9.72 Å². The van der Waals surface area contributed by atoms with E-state index in [1.807, 2.05) is 50.2 Å². The zero-order valence-electron chi connectivity index (χ0n) is 15.3. The maximum absolute atomic E-state index is 12.6. The van der Waals surface area contributed by atoms with Gasteiger partial charge in [-0.2, -0.15) is 0 Å². The van der Waals surface area contributed by atoms with Crippen LogP contribution in [0.15, 0.2) is 52.1 Å². The number of rotatable bonds is 3. The van der Waals surface area contributed by atoms with Crippen molar-refractivity contribution in [1.29, 1.82) is 0 Å². The third-order valence-electron chi connectivity index (χ3n) is 4.72. The van der Waals surface area contributed by atoms with Crippen molar-refractivity contribution >= 4 is 11.0 Å². The molecular formula is C21H19N3O3. The van der Waals surface area contributed by atoms with Gasteiger partial charge in [-0.25, -0.2) is 4.79 Å². The van der Waals surface area contributed by atoms with Crippen molar-refractivity contribution in [2.45, 2.75) is 13.8 Å². The van der Waals surface area contributed by atoms with Gasteiger partial charge in [-0.3, -0.25) is 14.8 Å². The molecular weight excluding hydrogens is 342 g/mol. The van der Waals surface area contributed by atoms with E-state index < -0.39 is 11.2 Å². The first-order chi connectivity index (χ1) is 13.0. The second kappa shape index (κ2) is 6.32. The zero-order chi connectivity index (χ0) is 19.1. The van der Waals surface area contributed by atoms with Gasteiger partial charge in [-0.15, -0.1) is 0 Å². The number of H-pyrrole nitrogens is 3. The Morgan fingerprint density at radius 1 is 0.889 bits per heavy atom. The van der Waals surface area contributed by atoms with E-state index in [0.717, 1.165) is 39.3 Å². The molecule has 27 heavy (non-hydrogen) atoms. The van der Waals surface area contributed by atoms with E-state index in [4.69, 9.17) is 4.74 Å². The number of hydrogen-bond donors (Lipinski definition) is 3. The van der Waals surface area contributed by atoms with Gasteiger partial charge in [-0.1, -0.05) is 35.9 Å². The van der Waals surface area contributed by atoms with E-state index in [1.165, 1.54) is 0 Å². The van der Waals surface area contributed by atoms with Gasteiger partial charge >= 0.3 is 5.69 Å². The van der Waals surface area contributed by atoms with Crippen LogP contribution in [0.4, 0.5) is 0 Å². The molecule has 0 fully saturated rings. The van der Waals surface area contributed by atoms with Crippen LogP contribution in [0.25, 0.3) is 33.4 Å². The number of benzene rings is 2. The maximum atomic E-state index is 12.6. The average molecular weight is 361 g/mol. The van der Waals surface area contributed by atoms with Crippen LogP contribution < -0.4 is 16.0 Å². The predicted octanol–water partition coefficient (Wildman–Crippen LogP) is 3.50. The summed E-state index contributed by atoms with van der Waals surface area (Å²) in [6.45, 7) is 4.06. The van der Waals surface area contributed by atoms with Gasteiger partial charge in [0.15, 0.2) is 0 Å². The Morgan fingerprint density at radius 3 is 2.30 bits per heavy atom. The number of aromatic nitrogens is 3. The fourth-order valence-electron chi connectivity index (χ4n) is 3.47. The number of aryl methyl sites for hydroxylation is 2. The van der Waals surface area contributed by atoms with Crippen LogP contribution in [-0.4, -0.2) is 22.1 Å². The lowest BCUT2D eigenvalue weighted by Gasteiger charge is -2.09.